The molecule has 27 heavy (non-hydrogen) atoms. The van der Waals surface area contributed by atoms with Gasteiger partial charge >= 0.3 is 0 Å². The average molecular weight is 368 g/mol. The van der Waals surface area contributed by atoms with Gasteiger partial charge in [-0.05, 0) is 29.7 Å². The van der Waals surface area contributed by atoms with Gasteiger partial charge in [-0.3, -0.25) is 24.7 Å². The number of carbonyl (C=O) groups is 2. The molecule has 2 aromatic rings. The fraction of sp³-hybridized carbons (Fsp3) is 0.316. The van der Waals surface area contributed by atoms with Crippen LogP contribution >= 0.6 is 0 Å². The number of aromatic nitrogens is 1. The molecule has 2 amide bonds. The van der Waals surface area contributed by atoms with Gasteiger partial charge in [-0.2, -0.15) is 0 Å². The Morgan fingerprint density at radius 2 is 1.96 bits per heavy atom. The molecule has 0 bridgehead atoms. The van der Waals surface area contributed by atoms with Crippen LogP contribution in [0, 0.1) is 16.0 Å². The summed E-state index contributed by atoms with van der Waals surface area (Å²) in [4.78, 5) is 39.6. The molecule has 0 fully saturated rings. The van der Waals surface area contributed by atoms with Crippen LogP contribution in [0.3, 0.4) is 0 Å². The first-order valence-electron chi connectivity index (χ1n) is 8.80. The number of nitrogens with one attached hydrogen (secondary N) is 2. The quantitative estimate of drug-likeness (QED) is 0.596. The maximum Gasteiger partial charge on any atom is 0.294 e. The van der Waals surface area contributed by atoms with E-state index < -0.39 is 10.8 Å². The number of nitrogens with zero attached hydrogens (tertiary/aromatic N) is 2. The van der Waals surface area contributed by atoms with Gasteiger partial charge in [0.1, 0.15) is 5.69 Å². The third kappa shape index (κ3) is 3.51. The van der Waals surface area contributed by atoms with E-state index in [4.69, 9.17) is 0 Å². The van der Waals surface area contributed by atoms with Crippen molar-refractivity contribution in [3.8, 4) is 0 Å². The summed E-state index contributed by atoms with van der Waals surface area (Å²) in [5.74, 6) is -0.897. The van der Waals surface area contributed by atoms with Crippen LogP contribution in [0.15, 0.2) is 36.7 Å². The predicted octanol–water partition coefficient (Wildman–Crippen LogP) is 3.71. The van der Waals surface area contributed by atoms with E-state index in [0.29, 0.717) is 16.8 Å². The number of anilines is 2. The van der Waals surface area contributed by atoms with Crippen molar-refractivity contribution in [3.63, 3.8) is 0 Å². The molecule has 1 aromatic heterocycles. The standard InChI is InChI=1S/C19H20N4O4/c1-3-11(4-2)17-13-9-15(22-18(24)12-5-7-20-8-6-12)16(23(26)27)10-14(13)21-19(17)25/h5-11,17H,3-4H2,1-2H3,(H,21,25)(H,22,24). The van der Waals surface area contributed by atoms with Crippen LogP contribution in [0.25, 0.3) is 0 Å². The number of fused-ring (bicyclic) bond motifs is 1. The highest BCUT2D eigenvalue weighted by Gasteiger charge is 2.37. The van der Waals surface area contributed by atoms with Gasteiger partial charge < -0.3 is 10.6 Å². The number of nitro groups is 1. The molecule has 2 heterocycles. The molecule has 0 saturated carbocycles. The lowest BCUT2D eigenvalue weighted by molar-refractivity contribution is -0.383. The Morgan fingerprint density at radius 1 is 1.30 bits per heavy atom. The van der Waals surface area contributed by atoms with Crippen LogP contribution in [-0.2, 0) is 4.79 Å². The van der Waals surface area contributed by atoms with Gasteiger partial charge in [-0.1, -0.05) is 26.7 Å². The number of benzene rings is 1. The van der Waals surface area contributed by atoms with E-state index in [1.807, 2.05) is 13.8 Å². The molecule has 2 N–H and O–H groups in total. The minimum atomic E-state index is -0.570. The summed E-state index contributed by atoms with van der Waals surface area (Å²) < 4.78 is 0. The molecule has 1 atom stereocenters. The van der Waals surface area contributed by atoms with E-state index in [2.05, 4.69) is 15.6 Å². The SMILES string of the molecule is CCC(CC)C1C(=O)Nc2cc([N+](=O)[O-])c(NC(=O)c3ccncc3)cc21. The summed E-state index contributed by atoms with van der Waals surface area (Å²) >= 11 is 0. The number of carbonyl (C=O) groups excluding carboxylic acids is 2. The fourth-order valence-electron chi connectivity index (χ4n) is 3.50. The van der Waals surface area contributed by atoms with Crippen molar-refractivity contribution in [2.75, 3.05) is 10.6 Å². The Balaban J connectivity index is 2.03. The molecule has 0 aliphatic carbocycles. The van der Waals surface area contributed by atoms with Crippen LogP contribution in [-0.4, -0.2) is 21.7 Å². The second-order valence-electron chi connectivity index (χ2n) is 6.45. The molecule has 1 aromatic carbocycles. The summed E-state index contributed by atoms with van der Waals surface area (Å²) in [6.07, 6.45) is 4.56. The van der Waals surface area contributed by atoms with Gasteiger partial charge in [0.25, 0.3) is 11.6 Å². The van der Waals surface area contributed by atoms with E-state index in [-0.39, 0.29) is 29.1 Å². The summed E-state index contributed by atoms with van der Waals surface area (Å²) in [7, 11) is 0. The first-order valence-corrected chi connectivity index (χ1v) is 8.80. The molecule has 140 valence electrons. The van der Waals surface area contributed by atoms with Crippen molar-refractivity contribution >= 4 is 28.9 Å². The molecule has 3 rings (SSSR count). The van der Waals surface area contributed by atoms with Gasteiger partial charge in [0.2, 0.25) is 5.91 Å². The van der Waals surface area contributed by atoms with Gasteiger partial charge in [0, 0.05) is 24.0 Å². The van der Waals surface area contributed by atoms with Crippen LogP contribution in [0.4, 0.5) is 17.1 Å². The average Bonchev–Trinajstić information content (AvgIpc) is 2.98. The number of hydrogen-bond acceptors (Lipinski definition) is 5. The topological polar surface area (TPSA) is 114 Å². The zero-order valence-corrected chi connectivity index (χ0v) is 15.1. The minimum Gasteiger partial charge on any atom is -0.325 e. The number of nitro benzene ring substituents is 1. The number of rotatable bonds is 6. The minimum absolute atomic E-state index is 0.0769. The monoisotopic (exact) mass is 368 g/mol. The van der Waals surface area contributed by atoms with Crippen molar-refractivity contribution in [3.05, 3.63) is 57.9 Å². The normalized spacial score (nSPS) is 15.4. The van der Waals surface area contributed by atoms with E-state index in [1.165, 1.54) is 30.6 Å². The largest absolute Gasteiger partial charge is 0.325 e. The highest BCUT2D eigenvalue weighted by atomic mass is 16.6. The smallest absolute Gasteiger partial charge is 0.294 e. The lowest BCUT2D eigenvalue weighted by Crippen LogP contribution is -2.20. The number of amides is 2. The summed E-state index contributed by atoms with van der Waals surface area (Å²) in [5.41, 5.74) is 1.27. The number of pyridine rings is 1. The molecule has 8 heteroatoms. The maximum atomic E-state index is 12.5. The third-order valence-electron chi connectivity index (χ3n) is 4.95. The van der Waals surface area contributed by atoms with E-state index in [1.54, 1.807) is 6.07 Å². The summed E-state index contributed by atoms with van der Waals surface area (Å²) in [6.45, 7) is 4.02. The van der Waals surface area contributed by atoms with Gasteiger partial charge in [0.05, 0.1) is 16.5 Å². The molecular formula is C19H20N4O4. The molecule has 0 spiro atoms. The number of hydrogen-bond donors (Lipinski definition) is 2. The molecule has 1 aliphatic heterocycles. The Labute approximate surface area is 156 Å². The zero-order chi connectivity index (χ0) is 19.6. The van der Waals surface area contributed by atoms with Crippen molar-refractivity contribution < 1.29 is 14.5 Å². The zero-order valence-electron chi connectivity index (χ0n) is 15.1. The van der Waals surface area contributed by atoms with Crippen molar-refractivity contribution in [1.29, 1.82) is 0 Å². The third-order valence-corrected chi connectivity index (χ3v) is 4.95. The summed E-state index contributed by atoms with van der Waals surface area (Å²) in [6, 6.07) is 5.91. The van der Waals surface area contributed by atoms with Gasteiger partial charge in [0.15, 0.2) is 0 Å². The first kappa shape index (κ1) is 18.5. The molecule has 1 aliphatic rings. The van der Waals surface area contributed by atoms with E-state index in [9.17, 15) is 19.7 Å². The first-order chi connectivity index (χ1) is 13.0. The van der Waals surface area contributed by atoms with Crippen LogP contribution in [0.5, 0.6) is 0 Å². The van der Waals surface area contributed by atoms with Crippen molar-refractivity contribution in [1.82, 2.24) is 4.98 Å². The highest BCUT2D eigenvalue weighted by molar-refractivity contribution is 6.08. The fourth-order valence-corrected chi connectivity index (χ4v) is 3.50. The lowest BCUT2D eigenvalue weighted by atomic mass is 9.83. The second-order valence-corrected chi connectivity index (χ2v) is 6.45. The van der Waals surface area contributed by atoms with Crippen LogP contribution in [0.1, 0.15) is 48.5 Å². The molecule has 0 saturated heterocycles. The van der Waals surface area contributed by atoms with Gasteiger partial charge in [-0.15, -0.1) is 0 Å². The van der Waals surface area contributed by atoms with Gasteiger partial charge in [-0.25, -0.2) is 0 Å². The summed E-state index contributed by atoms with van der Waals surface area (Å²) in [5, 5.41) is 16.8. The molecular weight excluding hydrogens is 348 g/mol. The lowest BCUT2D eigenvalue weighted by Gasteiger charge is -2.19. The molecule has 8 nitrogen and oxygen atoms in total. The Kier molecular flexibility index (Phi) is 5.16. The molecule has 0 radical (unpaired) electrons. The molecule has 1 unspecified atom stereocenters. The van der Waals surface area contributed by atoms with Crippen LogP contribution < -0.4 is 10.6 Å². The van der Waals surface area contributed by atoms with Crippen LogP contribution in [0.2, 0.25) is 0 Å². The second kappa shape index (κ2) is 7.53. The Bertz CT molecular complexity index is 894. The van der Waals surface area contributed by atoms with E-state index in [0.717, 1.165) is 12.8 Å². The predicted molar refractivity (Wildman–Crippen MR) is 101 cm³/mol. The maximum absolute atomic E-state index is 12.5. The highest BCUT2D eigenvalue weighted by Crippen LogP contribution is 2.44. The Morgan fingerprint density at radius 3 is 2.56 bits per heavy atom. The van der Waals surface area contributed by atoms with Crippen molar-refractivity contribution in [2.24, 2.45) is 5.92 Å². The van der Waals surface area contributed by atoms with E-state index >= 15 is 0 Å². The van der Waals surface area contributed by atoms with Crippen molar-refractivity contribution in [2.45, 2.75) is 32.6 Å². The Hall–Kier alpha value is -3.29.